The number of methoxy groups -OCH3 is 3. The minimum atomic E-state index is -3.61. The second kappa shape index (κ2) is 10.7. The molecule has 0 aromatic heterocycles. The molecule has 186 valence electrons. The van der Waals surface area contributed by atoms with Crippen molar-refractivity contribution in [1.29, 1.82) is 0 Å². The lowest BCUT2D eigenvalue weighted by molar-refractivity contribution is 0.0944. The van der Waals surface area contributed by atoms with Crippen LogP contribution in [-0.4, -0.2) is 61.0 Å². The second-order valence-electron chi connectivity index (χ2n) is 8.07. The zero-order valence-electron chi connectivity index (χ0n) is 19.3. The number of carbonyl (C=O) groups is 1. The molecule has 0 spiro atoms. The molecule has 2 aromatic carbocycles. The number of carbonyl (C=O) groups excluding carboxylic acids is 1. The first-order valence-corrected chi connectivity index (χ1v) is 13.0. The number of benzene rings is 2. The number of nitrogens with one attached hydrogen (secondary N) is 1. The lowest BCUT2D eigenvalue weighted by Crippen LogP contribution is -2.31. The van der Waals surface area contributed by atoms with Crippen LogP contribution in [0, 0.1) is 0 Å². The first-order valence-electron chi connectivity index (χ1n) is 10.4. The standard InChI is InChI=1S/C23H27Cl2NO7S/c1-30-19-8-6-15(21(31-2)22(19)32-3)20(27)18-12-23(13-26-18,9-10-33-34(4,28)29)14-5-7-16(24)17(25)11-14/h5-8,11,18,26H,9-10,12-13H2,1-4H3. The first-order chi connectivity index (χ1) is 16.0. The monoisotopic (exact) mass is 531 g/mol. The molecule has 1 saturated heterocycles. The number of ether oxygens (including phenoxy) is 3. The molecule has 1 aliphatic heterocycles. The Morgan fingerprint density at radius 2 is 1.76 bits per heavy atom. The lowest BCUT2D eigenvalue weighted by atomic mass is 9.75. The van der Waals surface area contributed by atoms with Gasteiger partial charge in [0.2, 0.25) is 5.75 Å². The summed E-state index contributed by atoms with van der Waals surface area (Å²) in [6.07, 6.45) is 1.73. The topological polar surface area (TPSA) is 100 Å². The summed E-state index contributed by atoms with van der Waals surface area (Å²) in [5.41, 5.74) is 0.569. The van der Waals surface area contributed by atoms with Gasteiger partial charge in [-0.25, -0.2) is 0 Å². The van der Waals surface area contributed by atoms with Crippen molar-refractivity contribution in [2.24, 2.45) is 0 Å². The smallest absolute Gasteiger partial charge is 0.264 e. The van der Waals surface area contributed by atoms with Crippen molar-refractivity contribution in [2.75, 3.05) is 40.7 Å². The number of Topliss-reactive ketones (excluding diaryl/α,β-unsaturated/α-hetero) is 1. The minimum Gasteiger partial charge on any atom is -0.493 e. The largest absolute Gasteiger partial charge is 0.493 e. The van der Waals surface area contributed by atoms with Crippen LogP contribution in [0.4, 0.5) is 0 Å². The van der Waals surface area contributed by atoms with Crippen LogP contribution in [0.25, 0.3) is 0 Å². The van der Waals surface area contributed by atoms with Gasteiger partial charge in [-0.15, -0.1) is 0 Å². The van der Waals surface area contributed by atoms with E-state index >= 15 is 0 Å². The highest BCUT2D eigenvalue weighted by Crippen LogP contribution is 2.43. The SMILES string of the molecule is COc1ccc(C(=O)C2CC(CCOS(C)(=O)=O)(c3ccc(Cl)c(Cl)c3)CN2)c(OC)c1OC. The molecule has 8 nitrogen and oxygen atoms in total. The molecule has 0 amide bonds. The molecule has 2 unspecified atom stereocenters. The molecule has 1 fully saturated rings. The van der Waals surface area contributed by atoms with Gasteiger partial charge in [-0.1, -0.05) is 29.3 Å². The van der Waals surface area contributed by atoms with Crippen LogP contribution in [-0.2, 0) is 19.7 Å². The third-order valence-corrected chi connectivity index (χ3v) is 7.31. The highest BCUT2D eigenvalue weighted by molar-refractivity contribution is 7.85. The minimum absolute atomic E-state index is 0.0403. The van der Waals surface area contributed by atoms with E-state index in [0.717, 1.165) is 11.8 Å². The first kappa shape index (κ1) is 26.6. The molecule has 2 aromatic rings. The number of ketones is 1. The van der Waals surface area contributed by atoms with Gasteiger partial charge >= 0.3 is 0 Å². The van der Waals surface area contributed by atoms with E-state index in [2.05, 4.69) is 5.32 Å². The molecule has 2 atom stereocenters. The van der Waals surface area contributed by atoms with Crippen molar-refractivity contribution in [3.05, 3.63) is 51.5 Å². The average Bonchev–Trinajstić information content (AvgIpc) is 3.23. The summed E-state index contributed by atoms with van der Waals surface area (Å²) < 4.78 is 44.3. The second-order valence-corrected chi connectivity index (χ2v) is 10.5. The Bertz CT molecular complexity index is 1170. The maximum Gasteiger partial charge on any atom is 0.264 e. The summed E-state index contributed by atoms with van der Waals surface area (Å²) >= 11 is 12.4. The van der Waals surface area contributed by atoms with E-state index in [9.17, 15) is 13.2 Å². The Balaban J connectivity index is 1.95. The highest BCUT2D eigenvalue weighted by atomic mass is 35.5. The normalized spacial score (nSPS) is 20.2. The predicted molar refractivity (Wildman–Crippen MR) is 130 cm³/mol. The van der Waals surface area contributed by atoms with E-state index in [1.807, 2.05) is 6.07 Å². The zero-order valence-corrected chi connectivity index (χ0v) is 21.6. The molecule has 1 N–H and O–H groups in total. The van der Waals surface area contributed by atoms with Crippen molar-refractivity contribution in [3.8, 4) is 17.2 Å². The maximum absolute atomic E-state index is 13.6. The van der Waals surface area contributed by atoms with Crippen molar-refractivity contribution >= 4 is 39.1 Å². The van der Waals surface area contributed by atoms with E-state index in [-0.39, 0.29) is 18.1 Å². The number of hydrogen-bond donors (Lipinski definition) is 1. The molecule has 1 aliphatic rings. The van der Waals surface area contributed by atoms with Crippen molar-refractivity contribution in [3.63, 3.8) is 0 Å². The summed E-state index contributed by atoms with van der Waals surface area (Å²) in [7, 11) is 0.818. The van der Waals surface area contributed by atoms with E-state index in [4.69, 9.17) is 41.6 Å². The van der Waals surface area contributed by atoms with Crippen molar-refractivity contribution in [1.82, 2.24) is 5.32 Å². The Morgan fingerprint density at radius 1 is 1.06 bits per heavy atom. The van der Waals surface area contributed by atoms with Crippen LogP contribution in [0.3, 0.4) is 0 Å². The van der Waals surface area contributed by atoms with Crippen molar-refractivity contribution < 1.29 is 31.6 Å². The van der Waals surface area contributed by atoms with Gasteiger partial charge in [-0.2, -0.15) is 8.42 Å². The lowest BCUT2D eigenvalue weighted by Gasteiger charge is -2.29. The Morgan fingerprint density at radius 3 is 2.35 bits per heavy atom. The highest BCUT2D eigenvalue weighted by Gasteiger charge is 2.44. The molecule has 34 heavy (non-hydrogen) atoms. The molecular weight excluding hydrogens is 505 g/mol. The van der Waals surface area contributed by atoms with Crippen LogP contribution in [0.2, 0.25) is 10.0 Å². The Hall–Kier alpha value is -2.04. The van der Waals surface area contributed by atoms with Gasteiger partial charge in [-0.05, 0) is 42.7 Å². The zero-order chi connectivity index (χ0) is 25.1. The fourth-order valence-corrected chi connectivity index (χ4v) is 4.98. The molecular formula is C23H27Cl2NO7S. The molecule has 1 heterocycles. The van der Waals surface area contributed by atoms with Gasteiger partial charge in [0.05, 0.1) is 55.8 Å². The summed E-state index contributed by atoms with van der Waals surface area (Å²) in [4.78, 5) is 13.6. The number of rotatable bonds is 10. The molecule has 11 heteroatoms. The predicted octanol–water partition coefficient (Wildman–Crippen LogP) is 3.87. The van der Waals surface area contributed by atoms with Gasteiger partial charge in [0.1, 0.15) is 0 Å². The fraction of sp³-hybridized carbons (Fsp3) is 0.435. The van der Waals surface area contributed by atoms with Gasteiger partial charge < -0.3 is 19.5 Å². The summed E-state index contributed by atoms with van der Waals surface area (Å²) in [6, 6.07) is 7.98. The average molecular weight is 532 g/mol. The van der Waals surface area contributed by atoms with Gasteiger partial charge in [0, 0.05) is 12.0 Å². The number of halogens is 2. The molecule has 0 bridgehead atoms. The summed E-state index contributed by atoms with van der Waals surface area (Å²) in [5.74, 6) is 0.856. The van der Waals surface area contributed by atoms with Crippen LogP contribution in [0.15, 0.2) is 30.3 Å². The molecule has 0 radical (unpaired) electrons. The Labute approximate surface area is 209 Å². The Kier molecular flexibility index (Phi) is 8.36. The third kappa shape index (κ3) is 5.60. The van der Waals surface area contributed by atoms with Crippen LogP contribution >= 0.6 is 23.2 Å². The molecule has 0 saturated carbocycles. The summed E-state index contributed by atoms with van der Waals surface area (Å²) in [6.45, 7) is 0.367. The van der Waals surface area contributed by atoms with E-state index in [1.165, 1.54) is 21.3 Å². The maximum atomic E-state index is 13.6. The van der Waals surface area contributed by atoms with Crippen LogP contribution < -0.4 is 19.5 Å². The molecule has 0 aliphatic carbocycles. The third-order valence-electron chi connectivity index (χ3n) is 5.98. The van der Waals surface area contributed by atoms with E-state index < -0.39 is 21.6 Å². The summed E-state index contributed by atoms with van der Waals surface area (Å²) in [5, 5.41) is 4.06. The van der Waals surface area contributed by atoms with Gasteiger partial charge in [-0.3, -0.25) is 8.98 Å². The van der Waals surface area contributed by atoms with Gasteiger partial charge in [0.25, 0.3) is 10.1 Å². The van der Waals surface area contributed by atoms with E-state index in [1.54, 1.807) is 24.3 Å². The quantitative estimate of drug-likeness (QED) is 0.364. The van der Waals surface area contributed by atoms with Gasteiger partial charge in [0.15, 0.2) is 17.3 Å². The van der Waals surface area contributed by atoms with Crippen LogP contribution in [0.1, 0.15) is 28.8 Å². The van der Waals surface area contributed by atoms with E-state index in [0.29, 0.717) is 46.5 Å². The van der Waals surface area contributed by atoms with Crippen LogP contribution in [0.5, 0.6) is 17.2 Å². The number of hydrogen-bond acceptors (Lipinski definition) is 8. The molecule has 3 rings (SSSR count). The fourth-order valence-electron chi connectivity index (χ4n) is 4.29. The van der Waals surface area contributed by atoms with Crippen molar-refractivity contribution in [2.45, 2.75) is 24.3 Å².